The Labute approximate surface area is 104 Å². The van der Waals surface area contributed by atoms with Gasteiger partial charge in [-0.2, -0.15) is 5.10 Å². The molecule has 0 fully saturated rings. The van der Waals surface area contributed by atoms with Crippen LogP contribution in [0, 0.1) is 12.3 Å². The Balaban J connectivity index is 2.27. The molecule has 17 heavy (non-hydrogen) atoms. The molecule has 1 atom stereocenters. The lowest BCUT2D eigenvalue weighted by atomic mass is 9.72. The molecule has 1 heterocycles. The highest BCUT2D eigenvalue weighted by Gasteiger charge is 2.42. The normalized spacial score (nSPS) is 24.4. The number of hydrogen-bond acceptors (Lipinski definition) is 2. The van der Waals surface area contributed by atoms with Crippen LogP contribution in [0.2, 0.25) is 0 Å². The van der Waals surface area contributed by atoms with Crippen LogP contribution in [0.4, 0.5) is 0 Å². The van der Waals surface area contributed by atoms with Gasteiger partial charge in [0.1, 0.15) is 0 Å². The van der Waals surface area contributed by atoms with E-state index in [0.717, 1.165) is 6.42 Å². The second-order valence-corrected chi connectivity index (χ2v) is 6.24. The van der Waals surface area contributed by atoms with Gasteiger partial charge in [-0.1, -0.05) is 45.0 Å². The molecule has 1 aromatic rings. The van der Waals surface area contributed by atoms with Crippen LogP contribution in [0.1, 0.15) is 45.2 Å². The minimum Gasteiger partial charge on any atom is -0.303 e. The van der Waals surface area contributed by atoms with Crippen molar-refractivity contribution in [3.8, 4) is 0 Å². The molecule has 0 spiro atoms. The molecule has 2 heteroatoms. The second kappa shape index (κ2) is 3.86. The fourth-order valence-electron chi connectivity index (χ4n) is 2.09. The van der Waals surface area contributed by atoms with E-state index in [1.807, 2.05) is 0 Å². The predicted molar refractivity (Wildman–Crippen MR) is 73.3 cm³/mol. The third-order valence-electron chi connectivity index (χ3n) is 4.07. The van der Waals surface area contributed by atoms with Crippen molar-refractivity contribution >= 4 is 5.71 Å². The number of hydrazone groups is 1. The Morgan fingerprint density at radius 1 is 1.24 bits per heavy atom. The number of rotatable bonds is 1. The SMILES string of the molecule is Cc1ccccc1C1=NNC(C)(C(C)(C)C)C1. The Hall–Kier alpha value is -1.31. The summed E-state index contributed by atoms with van der Waals surface area (Å²) in [5, 5.41) is 4.55. The second-order valence-electron chi connectivity index (χ2n) is 6.24. The Kier molecular flexibility index (Phi) is 2.76. The number of aryl methyl sites for hydroxylation is 1. The van der Waals surface area contributed by atoms with E-state index in [9.17, 15) is 0 Å². The summed E-state index contributed by atoms with van der Waals surface area (Å²) in [5.41, 5.74) is 7.33. The van der Waals surface area contributed by atoms with Gasteiger partial charge in [0.05, 0.1) is 11.3 Å². The molecule has 0 bridgehead atoms. The number of nitrogens with one attached hydrogen (secondary N) is 1. The van der Waals surface area contributed by atoms with Crippen LogP contribution >= 0.6 is 0 Å². The first-order valence-corrected chi connectivity index (χ1v) is 6.23. The van der Waals surface area contributed by atoms with E-state index in [2.05, 4.69) is 69.4 Å². The largest absolute Gasteiger partial charge is 0.303 e. The number of nitrogens with zero attached hydrogens (tertiary/aromatic N) is 1. The van der Waals surface area contributed by atoms with E-state index in [-0.39, 0.29) is 11.0 Å². The number of benzene rings is 1. The summed E-state index contributed by atoms with van der Waals surface area (Å²) in [6.07, 6.45) is 0.987. The molecule has 0 amide bonds. The molecule has 1 aromatic carbocycles. The predicted octanol–water partition coefficient (Wildman–Crippen LogP) is 3.50. The van der Waals surface area contributed by atoms with Crippen LogP contribution in [0.5, 0.6) is 0 Å². The highest BCUT2D eigenvalue weighted by molar-refractivity contribution is 6.03. The first kappa shape index (κ1) is 12.2. The maximum absolute atomic E-state index is 4.55. The molecule has 1 unspecified atom stereocenters. The molecule has 0 aromatic heterocycles. The first-order chi connectivity index (χ1) is 7.83. The van der Waals surface area contributed by atoms with Crippen LogP contribution in [0.3, 0.4) is 0 Å². The molecule has 0 aliphatic carbocycles. The summed E-state index contributed by atoms with van der Waals surface area (Å²) in [4.78, 5) is 0. The van der Waals surface area contributed by atoms with Crippen molar-refractivity contribution in [1.29, 1.82) is 0 Å². The van der Waals surface area contributed by atoms with Crippen LogP contribution in [0.25, 0.3) is 0 Å². The van der Waals surface area contributed by atoms with Crippen LogP contribution in [-0.2, 0) is 0 Å². The van der Waals surface area contributed by atoms with Crippen molar-refractivity contribution in [2.45, 2.75) is 46.6 Å². The fourth-order valence-corrected chi connectivity index (χ4v) is 2.09. The minimum atomic E-state index is 0.0462. The molecule has 0 saturated heterocycles. The number of hydrogen-bond donors (Lipinski definition) is 1. The third kappa shape index (κ3) is 2.08. The maximum atomic E-state index is 4.55. The third-order valence-corrected chi connectivity index (χ3v) is 4.07. The Morgan fingerprint density at radius 2 is 1.88 bits per heavy atom. The lowest BCUT2D eigenvalue weighted by molar-refractivity contribution is 0.179. The van der Waals surface area contributed by atoms with Gasteiger partial charge in [0.25, 0.3) is 0 Å². The van der Waals surface area contributed by atoms with E-state index < -0.39 is 0 Å². The zero-order valence-corrected chi connectivity index (χ0v) is 11.5. The van der Waals surface area contributed by atoms with Gasteiger partial charge in [0.15, 0.2) is 0 Å². The minimum absolute atomic E-state index is 0.0462. The van der Waals surface area contributed by atoms with Crippen molar-refractivity contribution in [2.24, 2.45) is 10.5 Å². The average Bonchev–Trinajstić information content (AvgIpc) is 2.62. The van der Waals surface area contributed by atoms with Gasteiger partial charge in [-0.05, 0) is 24.8 Å². The van der Waals surface area contributed by atoms with Crippen molar-refractivity contribution in [3.63, 3.8) is 0 Å². The lowest BCUT2D eigenvalue weighted by Crippen LogP contribution is -2.47. The summed E-state index contributed by atoms with van der Waals surface area (Å²) in [7, 11) is 0. The topological polar surface area (TPSA) is 24.4 Å². The van der Waals surface area contributed by atoms with E-state index in [1.54, 1.807) is 0 Å². The van der Waals surface area contributed by atoms with Crippen molar-refractivity contribution < 1.29 is 0 Å². The summed E-state index contributed by atoms with van der Waals surface area (Å²) in [6.45, 7) is 11.2. The van der Waals surface area contributed by atoms with E-state index >= 15 is 0 Å². The molecule has 2 nitrogen and oxygen atoms in total. The highest BCUT2D eigenvalue weighted by Crippen LogP contribution is 2.37. The molecule has 2 rings (SSSR count). The van der Waals surface area contributed by atoms with Crippen LogP contribution < -0.4 is 5.43 Å². The monoisotopic (exact) mass is 230 g/mol. The Bertz CT molecular complexity index is 454. The summed E-state index contributed by atoms with van der Waals surface area (Å²) in [5.74, 6) is 0. The molecule has 1 aliphatic rings. The van der Waals surface area contributed by atoms with E-state index in [4.69, 9.17) is 0 Å². The average molecular weight is 230 g/mol. The zero-order chi connectivity index (χ0) is 12.7. The van der Waals surface area contributed by atoms with E-state index in [1.165, 1.54) is 16.8 Å². The fraction of sp³-hybridized carbons (Fsp3) is 0.533. The van der Waals surface area contributed by atoms with E-state index in [0.29, 0.717) is 0 Å². The van der Waals surface area contributed by atoms with Gasteiger partial charge in [-0.15, -0.1) is 0 Å². The molecule has 92 valence electrons. The summed E-state index contributed by atoms with van der Waals surface area (Å²) in [6, 6.07) is 8.46. The summed E-state index contributed by atoms with van der Waals surface area (Å²) >= 11 is 0. The smallest absolute Gasteiger partial charge is 0.0702 e. The maximum Gasteiger partial charge on any atom is 0.0702 e. The van der Waals surface area contributed by atoms with Gasteiger partial charge >= 0.3 is 0 Å². The molecule has 0 radical (unpaired) electrons. The molecular weight excluding hydrogens is 208 g/mol. The molecule has 1 N–H and O–H groups in total. The van der Waals surface area contributed by atoms with Gasteiger partial charge < -0.3 is 5.43 Å². The molecule has 0 saturated carbocycles. The lowest BCUT2D eigenvalue weighted by Gasteiger charge is -2.38. The first-order valence-electron chi connectivity index (χ1n) is 6.23. The zero-order valence-electron chi connectivity index (χ0n) is 11.5. The molecular formula is C15H22N2. The van der Waals surface area contributed by atoms with Gasteiger partial charge in [-0.25, -0.2) is 0 Å². The quantitative estimate of drug-likeness (QED) is 0.784. The van der Waals surface area contributed by atoms with Crippen molar-refractivity contribution in [2.75, 3.05) is 0 Å². The van der Waals surface area contributed by atoms with Crippen LogP contribution in [-0.4, -0.2) is 11.3 Å². The van der Waals surface area contributed by atoms with Gasteiger partial charge in [0.2, 0.25) is 0 Å². The highest BCUT2D eigenvalue weighted by atomic mass is 15.4. The standard InChI is InChI=1S/C15H22N2/c1-11-8-6-7-9-12(11)13-10-15(5,17-16-13)14(2,3)4/h6-9,17H,10H2,1-5H3. The Morgan fingerprint density at radius 3 is 2.41 bits per heavy atom. The summed E-state index contributed by atoms with van der Waals surface area (Å²) < 4.78 is 0. The van der Waals surface area contributed by atoms with Gasteiger partial charge in [-0.3, -0.25) is 0 Å². The van der Waals surface area contributed by atoms with Crippen molar-refractivity contribution in [1.82, 2.24) is 5.43 Å². The molecule has 1 aliphatic heterocycles. The van der Waals surface area contributed by atoms with Crippen LogP contribution in [0.15, 0.2) is 29.4 Å². The van der Waals surface area contributed by atoms with Crippen molar-refractivity contribution in [3.05, 3.63) is 35.4 Å². The van der Waals surface area contributed by atoms with Gasteiger partial charge in [0, 0.05) is 12.0 Å².